The van der Waals surface area contributed by atoms with Crippen molar-refractivity contribution in [2.75, 3.05) is 32.7 Å². The minimum atomic E-state index is -0.977. The Bertz CT molecular complexity index is 1100. The van der Waals surface area contributed by atoms with Crippen molar-refractivity contribution in [3.05, 3.63) is 12.7 Å². The second-order valence-electron chi connectivity index (χ2n) is 16.3. The maximum absolute atomic E-state index is 16.9. The van der Waals surface area contributed by atoms with Crippen LogP contribution in [0.2, 0.25) is 0 Å². The highest BCUT2D eigenvalue weighted by Crippen LogP contribution is 2.45. The molecule has 1 aliphatic carbocycles. The summed E-state index contributed by atoms with van der Waals surface area (Å²) in [5.41, 5.74) is 3.75. The second-order valence-corrected chi connectivity index (χ2v) is 16.3. The van der Waals surface area contributed by atoms with Crippen molar-refractivity contribution < 1.29 is 14.3 Å². The van der Waals surface area contributed by atoms with Gasteiger partial charge in [0.25, 0.3) is 0 Å². The van der Waals surface area contributed by atoms with Crippen molar-refractivity contribution in [1.29, 1.82) is 0 Å². The number of nitrogens with one attached hydrogen (secondary N) is 4. The summed E-state index contributed by atoms with van der Waals surface area (Å²) in [4.78, 5) is 21.4. The summed E-state index contributed by atoms with van der Waals surface area (Å²) in [5, 5.41) is 24.4. The lowest BCUT2D eigenvalue weighted by Gasteiger charge is -2.60. The molecule has 5 N–H and O–H groups in total. The zero-order chi connectivity index (χ0) is 32.3. The summed E-state index contributed by atoms with van der Waals surface area (Å²) in [5.74, 6) is 1.48. The fourth-order valence-electron chi connectivity index (χ4n) is 11.1. The van der Waals surface area contributed by atoms with Crippen molar-refractivity contribution >= 4 is 6.03 Å². The molecule has 0 spiro atoms. The number of piperidine rings is 2. The number of hydrogen-bond donors (Lipinski definition) is 5. The second kappa shape index (κ2) is 13.5. The molecule has 6 saturated heterocycles. The molecule has 6 heterocycles. The van der Waals surface area contributed by atoms with Gasteiger partial charge in [-0.25, -0.2) is 14.2 Å². The van der Waals surface area contributed by atoms with E-state index in [1.807, 2.05) is 0 Å². The van der Waals surface area contributed by atoms with Crippen LogP contribution >= 0.6 is 0 Å². The number of alkyl halides is 1. The summed E-state index contributed by atoms with van der Waals surface area (Å²) in [6.45, 7) is 17.0. The number of piperazine rings is 1. The SMILES string of the molecule is C=CC(O)N1C[C@H](C)N(C2NC(=O)N3C4NC(C(F)CC42)C2CCCC4CNN(CCCCC5CCNC(C(C)C)C53)C42)C[C@H]1C. The summed E-state index contributed by atoms with van der Waals surface area (Å²) in [6, 6.07) is 0.478. The van der Waals surface area contributed by atoms with E-state index < -0.39 is 12.4 Å². The zero-order valence-corrected chi connectivity index (χ0v) is 28.7. The van der Waals surface area contributed by atoms with E-state index in [9.17, 15) is 9.90 Å². The number of hydrazine groups is 1. The van der Waals surface area contributed by atoms with Gasteiger partial charge < -0.3 is 20.6 Å². The number of amides is 2. The minimum Gasteiger partial charge on any atom is -0.375 e. The summed E-state index contributed by atoms with van der Waals surface area (Å²) >= 11 is 0. The molecule has 7 fully saturated rings. The van der Waals surface area contributed by atoms with E-state index in [0.29, 0.717) is 43.3 Å². The Hall–Kier alpha value is -1.34. The molecule has 7 rings (SSSR count). The van der Waals surface area contributed by atoms with Gasteiger partial charge in [-0.15, -0.1) is 0 Å². The van der Waals surface area contributed by atoms with Gasteiger partial charge in [-0.2, -0.15) is 0 Å². The number of carbonyl (C=O) groups excluding carboxylic acids is 1. The Morgan fingerprint density at radius 3 is 2.57 bits per heavy atom. The van der Waals surface area contributed by atoms with E-state index >= 15 is 4.39 Å². The van der Waals surface area contributed by atoms with Crippen molar-refractivity contribution in [2.45, 2.75) is 140 Å². The monoisotopic (exact) mass is 644 g/mol. The number of fused-ring (bicyclic) bond motifs is 4. The molecule has 46 heavy (non-hydrogen) atoms. The number of aliphatic hydroxyl groups excluding tert-OH is 1. The first-order chi connectivity index (χ1) is 22.2. The predicted octanol–water partition coefficient (Wildman–Crippen LogP) is 2.67. The molecule has 2 amide bonds. The molecule has 2 bridgehead atoms. The normalized spacial score (nSPS) is 46.7. The van der Waals surface area contributed by atoms with Crippen LogP contribution in [0.25, 0.3) is 0 Å². The topological polar surface area (TPSA) is 98.4 Å². The zero-order valence-electron chi connectivity index (χ0n) is 28.7. The number of rotatable bonds is 4. The van der Waals surface area contributed by atoms with Gasteiger partial charge in [0, 0.05) is 62.3 Å². The molecule has 10 nitrogen and oxygen atoms in total. The molecule has 0 aromatic heterocycles. The summed E-state index contributed by atoms with van der Waals surface area (Å²) in [6.07, 6.45) is 7.70. The quantitative estimate of drug-likeness (QED) is 0.298. The molecular formula is C35H61FN8O2. The first-order valence-electron chi connectivity index (χ1n) is 18.7. The third-order valence-electron chi connectivity index (χ3n) is 13.3. The van der Waals surface area contributed by atoms with E-state index in [0.717, 1.165) is 58.2 Å². The molecular weight excluding hydrogens is 583 g/mol. The van der Waals surface area contributed by atoms with Crippen molar-refractivity contribution in [2.24, 2.45) is 29.6 Å². The average molecular weight is 645 g/mol. The Kier molecular flexibility index (Phi) is 9.75. The van der Waals surface area contributed by atoms with E-state index in [1.54, 1.807) is 6.08 Å². The number of hydrogen-bond acceptors (Lipinski definition) is 8. The molecule has 6 aliphatic heterocycles. The Balaban J connectivity index is 1.26. The first kappa shape index (κ1) is 33.2. The fraction of sp³-hybridized carbons (Fsp3) is 0.914. The number of urea groups is 1. The van der Waals surface area contributed by atoms with Crippen LogP contribution in [0.15, 0.2) is 12.7 Å². The van der Waals surface area contributed by atoms with Gasteiger partial charge in [-0.3, -0.25) is 20.5 Å². The number of aliphatic hydroxyl groups is 1. The fourth-order valence-corrected chi connectivity index (χ4v) is 11.1. The van der Waals surface area contributed by atoms with Crippen LogP contribution in [0, 0.1) is 29.6 Å². The lowest BCUT2D eigenvalue weighted by atomic mass is 9.70. The molecule has 0 aromatic carbocycles. The van der Waals surface area contributed by atoms with Crippen LogP contribution in [0.4, 0.5) is 9.18 Å². The standard InChI is InChI=1S/C35H61FN8O2/c1-6-28(45)41-18-22(5)42(19-21(41)4)33-26-16-27(36)30-25-12-9-11-24-17-38-43(31(24)25)15-8-7-10-23-13-14-37-29(20(2)3)32(23)44(34(26)39-30)35(46)40-33/h6,20-34,37-39,45H,1,7-19H2,2-5H3,(H,40,46)/t21-,22+,23?,24?,25?,26?,27?,28?,29?,30?,31?,32?,33?,34?/m1/s1. The Morgan fingerprint density at radius 1 is 0.978 bits per heavy atom. The van der Waals surface area contributed by atoms with Crippen LogP contribution in [0.5, 0.6) is 0 Å². The summed E-state index contributed by atoms with van der Waals surface area (Å²) in [7, 11) is 0. The van der Waals surface area contributed by atoms with Crippen LogP contribution in [-0.4, -0.2) is 125 Å². The third-order valence-corrected chi connectivity index (χ3v) is 13.3. The molecule has 12 unspecified atom stereocenters. The smallest absolute Gasteiger partial charge is 0.320 e. The van der Waals surface area contributed by atoms with Gasteiger partial charge in [0.15, 0.2) is 0 Å². The number of nitrogens with zero attached hydrogens (tertiary/aromatic N) is 4. The van der Waals surface area contributed by atoms with Gasteiger partial charge in [0.05, 0.1) is 18.4 Å². The van der Waals surface area contributed by atoms with Gasteiger partial charge in [0.1, 0.15) is 12.4 Å². The Labute approximate surface area is 276 Å². The average Bonchev–Trinajstić information content (AvgIpc) is 3.46. The molecule has 0 radical (unpaired) electrons. The van der Waals surface area contributed by atoms with E-state index in [2.05, 4.69) is 75.4 Å². The van der Waals surface area contributed by atoms with Gasteiger partial charge in [0.2, 0.25) is 0 Å². The largest absolute Gasteiger partial charge is 0.375 e. The van der Waals surface area contributed by atoms with Crippen LogP contribution < -0.4 is 21.4 Å². The first-order valence-corrected chi connectivity index (χ1v) is 18.7. The lowest BCUT2D eigenvalue weighted by Crippen LogP contribution is -2.80. The molecule has 14 atom stereocenters. The van der Waals surface area contributed by atoms with E-state index in [-0.39, 0.29) is 60.4 Å². The van der Waals surface area contributed by atoms with Crippen molar-refractivity contribution in [3.8, 4) is 0 Å². The third kappa shape index (κ3) is 5.83. The minimum absolute atomic E-state index is 0.00637. The van der Waals surface area contributed by atoms with E-state index in [4.69, 9.17) is 0 Å². The predicted molar refractivity (Wildman–Crippen MR) is 178 cm³/mol. The maximum Gasteiger partial charge on any atom is 0.320 e. The number of carbonyl (C=O) groups is 1. The van der Waals surface area contributed by atoms with E-state index in [1.165, 1.54) is 6.42 Å². The van der Waals surface area contributed by atoms with Crippen molar-refractivity contribution in [1.82, 2.24) is 41.1 Å². The van der Waals surface area contributed by atoms with Gasteiger partial charge in [-0.05, 0) is 88.7 Å². The van der Waals surface area contributed by atoms with Crippen LogP contribution in [-0.2, 0) is 0 Å². The Morgan fingerprint density at radius 2 is 1.78 bits per heavy atom. The number of halogens is 1. The van der Waals surface area contributed by atoms with Crippen LogP contribution in [0.3, 0.4) is 0 Å². The summed E-state index contributed by atoms with van der Waals surface area (Å²) < 4.78 is 16.9. The molecule has 1 saturated carbocycles. The maximum atomic E-state index is 16.9. The highest BCUT2D eigenvalue weighted by molar-refractivity contribution is 5.76. The van der Waals surface area contributed by atoms with Crippen molar-refractivity contribution in [3.63, 3.8) is 0 Å². The van der Waals surface area contributed by atoms with Gasteiger partial charge in [-0.1, -0.05) is 33.3 Å². The highest BCUT2D eigenvalue weighted by atomic mass is 19.1. The lowest BCUT2D eigenvalue weighted by molar-refractivity contribution is -0.113. The van der Waals surface area contributed by atoms with Gasteiger partial charge >= 0.3 is 6.03 Å². The molecule has 260 valence electrons. The molecule has 0 aromatic rings. The molecule has 7 aliphatic rings. The van der Waals surface area contributed by atoms with Crippen LogP contribution in [0.1, 0.15) is 79.1 Å². The molecule has 11 heteroatoms. The highest BCUT2D eigenvalue weighted by Gasteiger charge is 2.58.